The molecule has 0 amide bonds. The molecule has 94 valence electrons. The molecule has 0 radical (unpaired) electrons. The van der Waals surface area contributed by atoms with Crippen LogP contribution < -0.4 is 14.8 Å². The lowest BCUT2D eigenvalue weighted by Gasteiger charge is -2.11. The molecule has 0 aliphatic rings. The quantitative estimate of drug-likeness (QED) is 0.878. The summed E-state index contributed by atoms with van der Waals surface area (Å²) >= 11 is 0. The van der Waals surface area contributed by atoms with Gasteiger partial charge in [0.15, 0.2) is 0 Å². The summed E-state index contributed by atoms with van der Waals surface area (Å²) in [5, 5.41) is 3.24. The number of nitrogens with one attached hydrogen (secondary N) is 1. The van der Waals surface area contributed by atoms with Crippen LogP contribution in [0, 0.1) is 0 Å². The first-order valence-corrected chi connectivity index (χ1v) is 5.69. The predicted octanol–water partition coefficient (Wildman–Crippen LogP) is 2.71. The highest BCUT2D eigenvalue weighted by Crippen LogP contribution is 2.24. The van der Waals surface area contributed by atoms with Crippen LogP contribution in [-0.2, 0) is 6.54 Å². The highest BCUT2D eigenvalue weighted by Gasteiger charge is 2.05. The molecule has 0 atom stereocenters. The van der Waals surface area contributed by atoms with Crippen molar-refractivity contribution in [3.63, 3.8) is 0 Å². The normalized spacial score (nSPS) is 9.89. The van der Waals surface area contributed by atoms with Crippen LogP contribution in [0.1, 0.15) is 5.56 Å². The van der Waals surface area contributed by atoms with Crippen LogP contribution in [0.3, 0.4) is 0 Å². The van der Waals surface area contributed by atoms with E-state index in [4.69, 9.17) is 9.47 Å². The summed E-state index contributed by atoms with van der Waals surface area (Å²) in [4.78, 5) is 4.21. The first-order chi connectivity index (χ1) is 8.83. The zero-order chi connectivity index (χ0) is 12.8. The number of methoxy groups -OCH3 is 2. The van der Waals surface area contributed by atoms with Crippen molar-refractivity contribution in [1.82, 2.24) is 4.98 Å². The van der Waals surface area contributed by atoms with Gasteiger partial charge in [0.05, 0.1) is 14.2 Å². The molecule has 18 heavy (non-hydrogen) atoms. The molecule has 1 aromatic heterocycles. The molecule has 4 heteroatoms. The van der Waals surface area contributed by atoms with E-state index in [1.54, 1.807) is 20.4 Å². The summed E-state index contributed by atoms with van der Waals surface area (Å²) in [6.45, 7) is 0.636. The van der Waals surface area contributed by atoms with Crippen LogP contribution in [0.15, 0.2) is 42.6 Å². The number of hydrogen-bond acceptors (Lipinski definition) is 4. The maximum Gasteiger partial charge on any atom is 0.126 e. The van der Waals surface area contributed by atoms with Gasteiger partial charge < -0.3 is 14.8 Å². The Morgan fingerprint density at radius 3 is 2.67 bits per heavy atom. The Balaban J connectivity index is 2.12. The van der Waals surface area contributed by atoms with Crippen LogP contribution in [-0.4, -0.2) is 19.2 Å². The molecular weight excluding hydrogens is 228 g/mol. The van der Waals surface area contributed by atoms with Gasteiger partial charge in [-0.1, -0.05) is 6.07 Å². The van der Waals surface area contributed by atoms with E-state index in [0.29, 0.717) is 6.54 Å². The third-order valence-corrected chi connectivity index (χ3v) is 2.61. The summed E-state index contributed by atoms with van der Waals surface area (Å²) in [5.74, 6) is 2.48. The molecule has 1 aromatic carbocycles. The van der Waals surface area contributed by atoms with Gasteiger partial charge in [0, 0.05) is 18.3 Å². The highest BCUT2D eigenvalue weighted by atomic mass is 16.5. The molecule has 0 spiro atoms. The van der Waals surface area contributed by atoms with Gasteiger partial charge in [0.2, 0.25) is 0 Å². The molecule has 2 rings (SSSR count). The standard InChI is InChI=1S/C14H16N2O2/c1-17-12-6-7-13(18-2)11(9-12)10-16-14-5-3-4-8-15-14/h3-9H,10H2,1-2H3,(H,15,16). The number of ether oxygens (including phenoxy) is 2. The Kier molecular flexibility index (Phi) is 4.02. The largest absolute Gasteiger partial charge is 0.497 e. The molecule has 1 N–H and O–H groups in total. The van der Waals surface area contributed by atoms with Crippen molar-refractivity contribution in [3.8, 4) is 11.5 Å². The molecule has 0 saturated heterocycles. The minimum atomic E-state index is 0.636. The minimum absolute atomic E-state index is 0.636. The number of pyridine rings is 1. The van der Waals surface area contributed by atoms with Crippen molar-refractivity contribution >= 4 is 5.82 Å². The fourth-order valence-corrected chi connectivity index (χ4v) is 1.67. The fourth-order valence-electron chi connectivity index (χ4n) is 1.67. The second kappa shape index (κ2) is 5.91. The smallest absolute Gasteiger partial charge is 0.126 e. The molecule has 0 aliphatic heterocycles. The van der Waals surface area contributed by atoms with Gasteiger partial charge in [-0.05, 0) is 30.3 Å². The zero-order valence-corrected chi connectivity index (χ0v) is 10.5. The molecule has 4 nitrogen and oxygen atoms in total. The van der Waals surface area contributed by atoms with E-state index in [0.717, 1.165) is 22.9 Å². The van der Waals surface area contributed by atoms with E-state index >= 15 is 0 Å². The Bertz CT molecular complexity index is 500. The Hall–Kier alpha value is -2.23. The molecule has 0 unspecified atom stereocenters. The number of benzene rings is 1. The zero-order valence-electron chi connectivity index (χ0n) is 10.5. The molecule has 1 heterocycles. The summed E-state index contributed by atoms with van der Waals surface area (Å²) in [6.07, 6.45) is 1.76. The third kappa shape index (κ3) is 2.91. The predicted molar refractivity (Wildman–Crippen MR) is 71.1 cm³/mol. The maximum absolute atomic E-state index is 5.32. The van der Waals surface area contributed by atoms with Gasteiger partial charge in [-0.25, -0.2) is 4.98 Å². The topological polar surface area (TPSA) is 43.4 Å². The van der Waals surface area contributed by atoms with Gasteiger partial charge in [0.1, 0.15) is 17.3 Å². The summed E-state index contributed by atoms with van der Waals surface area (Å²) in [7, 11) is 3.31. The molecule has 0 fully saturated rings. The third-order valence-electron chi connectivity index (χ3n) is 2.61. The molecule has 0 aliphatic carbocycles. The second-order valence-corrected chi connectivity index (χ2v) is 3.75. The Labute approximate surface area is 107 Å². The molecule has 0 bridgehead atoms. The van der Waals surface area contributed by atoms with Crippen molar-refractivity contribution in [1.29, 1.82) is 0 Å². The minimum Gasteiger partial charge on any atom is -0.497 e. The van der Waals surface area contributed by atoms with Crippen molar-refractivity contribution in [2.75, 3.05) is 19.5 Å². The number of hydrogen-bond donors (Lipinski definition) is 1. The van der Waals surface area contributed by atoms with Crippen molar-refractivity contribution in [2.24, 2.45) is 0 Å². The summed E-state index contributed by atoms with van der Waals surface area (Å²) < 4.78 is 10.5. The molecule has 2 aromatic rings. The van der Waals surface area contributed by atoms with Crippen LogP contribution in [0.4, 0.5) is 5.82 Å². The molecule has 0 saturated carbocycles. The monoisotopic (exact) mass is 244 g/mol. The number of anilines is 1. The number of aromatic nitrogens is 1. The van der Waals surface area contributed by atoms with Crippen LogP contribution in [0.25, 0.3) is 0 Å². The van der Waals surface area contributed by atoms with E-state index in [1.165, 1.54) is 0 Å². The van der Waals surface area contributed by atoms with Gasteiger partial charge in [0.25, 0.3) is 0 Å². The van der Waals surface area contributed by atoms with Gasteiger partial charge in [-0.15, -0.1) is 0 Å². The summed E-state index contributed by atoms with van der Waals surface area (Å²) in [5.41, 5.74) is 1.03. The van der Waals surface area contributed by atoms with Crippen molar-refractivity contribution in [2.45, 2.75) is 6.54 Å². The average molecular weight is 244 g/mol. The number of nitrogens with zero attached hydrogens (tertiary/aromatic N) is 1. The maximum atomic E-state index is 5.32. The SMILES string of the molecule is COc1ccc(OC)c(CNc2ccccn2)c1. The van der Waals surface area contributed by atoms with Crippen LogP contribution in [0.5, 0.6) is 11.5 Å². The second-order valence-electron chi connectivity index (χ2n) is 3.75. The lowest BCUT2D eigenvalue weighted by atomic mass is 10.2. The summed E-state index contributed by atoms with van der Waals surface area (Å²) in [6, 6.07) is 11.5. The van der Waals surface area contributed by atoms with E-state index in [-0.39, 0.29) is 0 Å². The van der Waals surface area contributed by atoms with Gasteiger partial charge in [-0.3, -0.25) is 0 Å². The molecular formula is C14H16N2O2. The fraction of sp³-hybridized carbons (Fsp3) is 0.214. The first-order valence-electron chi connectivity index (χ1n) is 5.69. The lowest BCUT2D eigenvalue weighted by Crippen LogP contribution is -2.03. The van der Waals surface area contributed by atoms with E-state index < -0.39 is 0 Å². The Morgan fingerprint density at radius 2 is 2.00 bits per heavy atom. The van der Waals surface area contributed by atoms with Gasteiger partial charge >= 0.3 is 0 Å². The van der Waals surface area contributed by atoms with Crippen LogP contribution in [0.2, 0.25) is 0 Å². The Morgan fingerprint density at radius 1 is 1.11 bits per heavy atom. The highest BCUT2D eigenvalue weighted by molar-refractivity contribution is 5.43. The van der Waals surface area contributed by atoms with Crippen molar-refractivity contribution in [3.05, 3.63) is 48.2 Å². The van der Waals surface area contributed by atoms with E-state index in [1.807, 2.05) is 36.4 Å². The number of rotatable bonds is 5. The first kappa shape index (κ1) is 12.2. The van der Waals surface area contributed by atoms with E-state index in [9.17, 15) is 0 Å². The lowest BCUT2D eigenvalue weighted by molar-refractivity contribution is 0.399. The van der Waals surface area contributed by atoms with Gasteiger partial charge in [-0.2, -0.15) is 0 Å². The van der Waals surface area contributed by atoms with Crippen molar-refractivity contribution < 1.29 is 9.47 Å². The van der Waals surface area contributed by atoms with E-state index in [2.05, 4.69) is 10.3 Å². The van der Waals surface area contributed by atoms with Crippen LogP contribution >= 0.6 is 0 Å². The average Bonchev–Trinajstić information content (AvgIpc) is 2.45.